The molecule has 0 aromatic heterocycles. The van der Waals surface area contributed by atoms with E-state index in [4.69, 9.17) is 10.5 Å². The van der Waals surface area contributed by atoms with Crippen molar-refractivity contribution in [2.45, 2.75) is 64.1 Å². The van der Waals surface area contributed by atoms with Gasteiger partial charge in [-0.3, -0.25) is 53.1 Å². The molecule has 16 nitrogen and oxygen atoms in total. The number of hydrogen-bond donors (Lipinski definition) is 3. The molecular weight excluding hydrogens is 664 g/mol. The van der Waals surface area contributed by atoms with Crippen LogP contribution in [0.15, 0.2) is 54.6 Å². The van der Waals surface area contributed by atoms with Gasteiger partial charge in [-0.15, -0.1) is 0 Å². The first kappa shape index (κ1) is 38.0. The van der Waals surface area contributed by atoms with E-state index in [1.807, 2.05) is 0 Å². The zero-order valence-electron chi connectivity index (χ0n) is 28.5. The van der Waals surface area contributed by atoms with Crippen LogP contribution in [0.25, 0.3) is 0 Å². The molecule has 2 aromatic rings. The highest BCUT2D eigenvalue weighted by atomic mass is 16.6. The number of nitrogens with one attached hydrogen (secondary N) is 2. The average molecular weight is 705 g/mol. The number of rotatable bonds is 12. The molecule has 0 aliphatic carbocycles. The number of anilines is 1. The van der Waals surface area contributed by atoms with E-state index in [9.17, 15) is 43.2 Å². The topological polar surface area (TPSA) is 223 Å². The van der Waals surface area contributed by atoms with Crippen LogP contribution in [0.1, 0.15) is 67.2 Å². The molecule has 2 saturated heterocycles. The zero-order valence-corrected chi connectivity index (χ0v) is 28.5. The summed E-state index contributed by atoms with van der Waals surface area (Å²) in [6, 6.07) is 11.4. The van der Waals surface area contributed by atoms with Crippen LogP contribution in [0.3, 0.4) is 0 Å². The fourth-order valence-electron chi connectivity index (χ4n) is 5.57. The van der Waals surface area contributed by atoms with Crippen molar-refractivity contribution >= 4 is 58.8 Å². The molecule has 51 heavy (non-hydrogen) atoms. The van der Waals surface area contributed by atoms with Crippen molar-refractivity contribution in [3.63, 3.8) is 0 Å². The van der Waals surface area contributed by atoms with Crippen LogP contribution in [0.5, 0.6) is 0 Å². The highest BCUT2D eigenvalue weighted by Crippen LogP contribution is 2.26. The van der Waals surface area contributed by atoms with E-state index in [-0.39, 0.29) is 36.9 Å². The maximum absolute atomic E-state index is 13.5. The van der Waals surface area contributed by atoms with Crippen molar-refractivity contribution in [1.82, 2.24) is 20.4 Å². The van der Waals surface area contributed by atoms with Crippen LogP contribution in [0, 0.1) is 0 Å². The number of ether oxygens (including phenoxy) is 1. The number of nitrogens with zero attached hydrogens (tertiary/aromatic N) is 3. The molecule has 4 rings (SSSR count). The highest BCUT2D eigenvalue weighted by Gasteiger charge is 2.41. The summed E-state index contributed by atoms with van der Waals surface area (Å²) >= 11 is 0. The molecule has 2 heterocycles. The molecule has 0 spiro atoms. The monoisotopic (exact) mass is 704 g/mol. The van der Waals surface area contributed by atoms with Crippen LogP contribution in [-0.4, -0.2) is 107 Å². The molecule has 4 N–H and O–H groups in total. The van der Waals surface area contributed by atoms with Gasteiger partial charge in [-0.2, -0.15) is 0 Å². The lowest BCUT2D eigenvalue weighted by molar-refractivity contribution is -0.151. The molecular formula is C35H40N6O10. The van der Waals surface area contributed by atoms with Crippen LogP contribution in [0.4, 0.5) is 10.5 Å². The smallest absolute Gasteiger partial charge is 0.408 e. The predicted molar refractivity (Wildman–Crippen MR) is 180 cm³/mol. The summed E-state index contributed by atoms with van der Waals surface area (Å²) in [6.45, 7) is 2.88. The van der Waals surface area contributed by atoms with E-state index in [2.05, 4.69) is 10.6 Å². The Morgan fingerprint density at radius 2 is 1.35 bits per heavy atom. The minimum absolute atomic E-state index is 0.00354. The van der Waals surface area contributed by atoms with Gasteiger partial charge < -0.3 is 21.1 Å². The van der Waals surface area contributed by atoms with Gasteiger partial charge in [0.2, 0.25) is 23.6 Å². The number of benzene rings is 2. The quantitative estimate of drug-likeness (QED) is 0.206. The fraction of sp³-hybridized carbons (Fsp3) is 0.400. The van der Waals surface area contributed by atoms with Gasteiger partial charge >= 0.3 is 6.09 Å². The molecule has 2 aliphatic heterocycles. The maximum atomic E-state index is 13.5. The van der Waals surface area contributed by atoms with Crippen molar-refractivity contribution in [2.75, 3.05) is 31.1 Å². The van der Waals surface area contributed by atoms with Gasteiger partial charge in [0.15, 0.2) is 11.6 Å². The van der Waals surface area contributed by atoms with Crippen molar-refractivity contribution in [1.29, 1.82) is 0 Å². The Balaban J connectivity index is 1.42. The average Bonchev–Trinajstić information content (AvgIpc) is 3.09. The van der Waals surface area contributed by atoms with E-state index < -0.39 is 97.0 Å². The van der Waals surface area contributed by atoms with E-state index in [1.54, 1.807) is 51.1 Å². The van der Waals surface area contributed by atoms with Gasteiger partial charge in [-0.05, 0) is 57.9 Å². The predicted octanol–water partition coefficient (Wildman–Crippen LogP) is 0.720. The normalized spacial score (nSPS) is 17.9. The minimum atomic E-state index is -1.15. The Hall–Kier alpha value is -5.77. The van der Waals surface area contributed by atoms with Crippen LogP contribution < -0.4 is 21.3 Å². The van der Waals surface area contributed by atoms with E-state index in [0.29, 0.717) is 5.56 Å². The fourth-order valence-corrected chi connectivity index (χ4v) is 5.57. The minimum Gasteiger partial charge on any atom is -0.444 e. The number of ketones is 2. The summed E-state index contributed by atoms with van der Waals surface area (Å²) in [7, 11) is 0. The largest absolute Gasteiger partial charge is 0.444 e. The van der Waals surface area contributed by atoms with Crippen molar-refractivity contribution < 1.29 is 47.9 Å². The number of carbonyl (C=O) groups is 9. The molecule has 2 fully saturated rings. The number of imide groups is 2. The Bertz CT molecular complexity index is 1720. The van der Waals surface area contributed by atoms with E-state index in [0.717, 1.165) is 14.7 Å². The van der Waals surface area contributed by atoms with Gasteiger partial charge in [0.25, 0.3) is 11.8 Å². The number of alkyl carbamates (subject to hydrolysis) is 1. The summed E-state index contributed by atoms with van der Waals surface area (Å²) in [6.07, 6.45) is -1.07. The lowest BCUT2D eigenvalue weighted by atomic mass is 9.99. The van der Waals surface area contributed by atoms with Gasteiger partial charge in [0.1, 0.15) is 24.2 Å². The molecule has 16 heteroatoms. The second kappa shape index (κ2) is 16.3. The van der Waals surface area contributed by atoms with Crippen LogP contribution >= 0.6 is 0 Å². The molecule has 0 bridgehead atoms. The third-order valence-corrected chi connectivity index (χ3v) is 8.04. The Labute approximate surface area is 293 Å². The van der Waals surface area contributed by atoms with Crippen molar-refractivity contribution in [2.24, 2.45) is 5.73 Å². The molecule has 270 valence electrons. The highest BCUT2D eigenvalue weighted by molar-refractivity contribution is 6.11. The van der Waals surface area contributed by atoms with Gasteiger partial charge in [0.05, 0.1) is 19.6 Å². The third-order valence-electron chi connectivity index (χ3n) is 8.04. The SMILES string of the molecule is CC(C)(C)OC(=O)NCC(=O)NC1CCC(=O)N(CC(=O)c2ccc(N(C(=O)CN)C3CCC(=O)N(CC(=O)c4ccccc4)C3=O)cc2)C1=O. The summed E-state index contributed by atoms with van der Waals surface area (Å²) < 4.78 is 5.07. The Morgan fingerprint density at radius 1 is 0.804 bits per heavy atom. The number of Topliss-reactive ketones (excluding diaryl/α,β-unsaturated/α-hetero) is 2. The molecule has 7 amide bonds. The molecule has 2 atom stereocenters. The number of amides is 7. The third kappa shape index (κ3) is 9.69. The second-order valence-corrected chi connectivity index (χ2v) is 12.9. The summed E-state index contributed by atoms with van der Waals surface area (Å²) in [5.41, 5.74) is 5.48. The van der Waals surface area contributed by atoms with Gasteiger partial charge in [-0.25, -0.2) is 4.79 Å². The number of carbonyl (C=O) groups excluding carboxylic acids is 9. The number of piperidine rings is 2. The first-order chi connectivity index (χ1) is 24.1. The summed E-state index contributed by atoms with van der Waals surface area (Å²) in [4.78, 5) is 118. The Kier molecular flexibility index (Phi) is 12.2. The Morgan fingerprint density at radius 3 is 1.92 bits per heavy atom. The number of hydrogen-bond acceptors (Lipinski definition) is 11. The molecule has 2 aliphatic rings. The molecule has 0 saturated carbocycles. The van der Waals surface area contributed by atoms with Gasteiger partial charge in [0, 0.05) is 29.7 Å². The standard InChI is InChI=1S/C35H40N6O10/c1-35(2,3)51-34(50)37-18-28(44)38-24-13-15-29(45)39(32(24)48)19-27(43)22-9-11-23(12-10-22)41(31(47)17-36)25-14-16-30(46)40(33(25)49)20-26(42)21-7-5-4-6-8-21/h4-12,24-25H,13-20,36H2,1-3H3,(H,37,50)(H,38,44). The first-order valence-corrected chi connectivity index (χ1v) is 16.3. The lowest BCUT2D eigenvalue weighted by Gasteiger charge is -2.37. The van der Waals surface area contributed by atoms with Crippen molar-refractivity contribution in [3.05, 3.63) is 65.7 Å². The van der Waals surface area contributed by atoms with Crippen LogP contribution in [-0.2, 0) is 33.5 Å². The lowest BCUT2D eigenvalue weighted by Crippen LogP contribution is -2.58. The zero-order chi connectivity index (χ0) is 37.5. The molecule has 0 radical (unpaired) electrons. The van der Waals surface area contributed by atoms with Crippen molar-refractivity contribution in [3.8, 4) is 0 Å². The maximum Gasteiger partial charge on any atom is 0.408 e. The summed E-state index contributed by atoms with van der Waals surface area (Å²) in [5, 5.41) is 4.74. The van der Waals surface area contributed by atoms with Crippen LogP contribution in [0.2, 0.25) is 0 Å². The summed E-state index contributed by atoms with van der Waals surface area (Å²) in [5.74, 6) is -5.11. The number of nitrogens with two attached hydrogens (primary N) is 1. The van der Waals surface area contributed by atoms with E-state index in [1.165, 1.54) is 24.3 Å². The molecule has 2 aromatic carbocycles. The van der Waals surface area contributed by atoms with Gasteiger partial charge in [-0.1, -0.05) is 30.3 Å². The second-order valence-electron chi connectivity index (χ2n) is 12.9. The molecule has 2 unspecified atom stereocenters. The first-order valence-electron chi connectivity index (χ1n) is 16.3. The number of likely N-dealkylation sites (tertiary alicyclic amines) is 2. The van der Waals surface area contributed by atoms with E-state index >= 15 is 0 Å².